The quantitative estimate of drug-likeness (QED) is 0.0699. The summed E-state index contributed by atoms with van der Waals surface area (Å²) in [7, 11) is 0. The van der Waals surface area contributed by atoms with Gasteiger partial charge in [0.15, 0.2) is 18.9 Å². The highest BCUT2D eigenvalue weighted by Gasteiger charge is 2.54. The summed E-state index contributed by atoms with van der Waals surface area (Å²) in [5, 5.41) is 70.5. The van der Waals surface area contributed by atoms with E-state index in [0.29, 0.717) is 18.9 Å². The standard InChI is InChI=1S/C31H62N8O12/c32-6-14(41)9-39-18-5-17(36)26(49-29-16(35)2-1-15(46-29)10-38-8-12-3-13(34)4-12)28(22(18)42)51-31-25(45)27(20(11-40)48-31)50-30-21(37)24(44)23(43)19(7-33)47-30/h12-31,38-45H,1-11,32-37H2/t12?,13?,14?,15-,16+,17-,18+,19-,20+,21+,22-,23+,24+,25+,26+,27+,28+,29+,30+,31-/m0/s1. The third-order valence-electron chi connectivity index (χ3n) is 10.8. The molecule has 2 saturated carbocycles. The van der Waals surface area contributed by atoms with Gasteiger partial charge in [0.2, 0.25) is 0 Å². The fraction of sp³-hybridized carbons (Fsp3) is 1.00. The van der Waals surface area contributed by atoms with E-state index in [2.05, 4.69) is 10.6 Å². The van der Waals surface area contributed by atoms with Crippen LogP contribution >= 0.6 is 0 Å². The molecule has 5 rings (SSSR count). The number of ether oxygens (including phenoxy) is 6. The number of hydrogen-bond acceptors (Lipinski definition) is 20. The number of aliphatic hydroxyl groups excluding tert-OH is 6. The third-order valence-corrected chi connectivity index (χ3v) is 10.8. The summed E-state index contributed by atoms with van der Waals surface area (Å²) in [4.78, 5) is 0. The molecule has 5 aliphatic rings. The van der Waals surface area contributed by atoms with Crippen molar-refractivity contribution in [3.05, 3.63) is 0 Å². The highest BCUT2D eigenvalue weighted by Crippen LogP contribution is 2.34. The molecule has 0 radical (unpaired) electrons. The van der Waals surface area contributed by atoms with Crippen LogP contribution in [0.15, 0.2) is 0 Å². The van der Waals surface area contributed by atoms with E-state index in [1.807, 2.05) is 0 Å². The third kappa shape index (κ3) is 9.90. The summed E-state index contributed by atoms with van der Waals surface area (Å²) in [6.45, 7) is 0.733. The molecule has 0 amide bonds. The van der Waals surface area contributed by atoms with Gasteiger partial charge in [0.05, 0.1) is 37.0 Å². The van der Waals surface area contributed by atoms with E-state index in [1.165, 1.54) is 0 Å². The first-order valence-corrected chi connectivity index (χ1v) is 18.2. The number of nitrogens with two attached hydrogens (primary N) is 6. The minimum Gasteiger partial charge on any atom is -0.394 e. The van der Waals surface area contributed by atoms with Crippen LogP contribution in [0.4, 0.5) is 0 Å². The molecule has 0 spiro atoms. The van der Waals surface area contributed by atoms with Gasteiger partial charge >= 0.3 is 0 Å². The Morgan fingerprint density at radius 1 is 0.706 bits per heavy atom. The molecule has 298 valence electrons. The Bertz CT molecular complexity index is 1060. The fourth-order valence-corrected chi connectivity index (χ4v) is 7.57. The van der Waals surface area contributed by atoms with Gasteiger partial charge in [0, 0.05) is 44.3 Å². The van der Waals surface area contributed by atoms with Crippen LogP contribution in [0.2, 0.25) is 0 Å². The number of hydrogen-bond donors (Lipinski definition) is 14. The SMILES string of the molecule is NCC(O)CN[C@@H]1C[C@H](N)[C@@H](O[C@H]2O[C@H](CNCC3CC(N)C3)CC[C@H]2N)[C@H](O[C@@H]2O[C@H](CO)[C@@H](O[C@H]3O[C@@H](CN)[C@@H](O)[C@H](O)[C@H]3N)[C@H]2O)[C@H]1O. The zero-order valence-electron chi connectivity index (χ0n) is 28.9. The Morgan fingerprint density at radius 2 is 1.39 bits per heavy atom. The molecule has 3 saturated heterocycles. The molecule has 3 aliphatic heterocycles. The van der Waals surface area contributed by atoms with E-state index >= 15 is 0 Å². The van der Waals surface area contributed by atoms with Crippen LogP contribution in [0, 0.1) is 5.92 Å². The number of nitrogens with one attached hydrogen (secondary N) is 2. The second-order valence-corrected chi connectivity index (χ2v) is 14.8. The van der Waals surface area contributed by atoms with Crippen LogP contribution in [-0.4, -0.2) is 186 Å². The molecule has 1 unspecified atom stereocenters. The highest BCUT2D eigenvalue weighted by molar-refractivity contribution is 5.02. The Labute approximate surface area is 297 Å². The van der Waals surface area contributed by atoms with Gasteiger partial charge in [-0.1, -0.05) is 0 Å². The molecular weight excluding hydrogens is 676 g/mol. The number of rotatable bonds is 16. The molecule has 0 aromatic heterocycles. The monoisotopic (exact) mass is 738 g/mol. The summed E-state index contributed by atoms with van der Waals surface area (Å²) in [5.41, 5.74) is 36.4. The molecule has 20 nitrogen and oxygen atoms in total. The summed E-state index contributed by atoms with van der Waals surface area (Å²) in [5.74, 6) is 0.544. The maximum atomic E-state index is 11.7. The lowest BCUT2D eigenvalue weighted by molar-refractivity contribution is -0.290. The van der Waals surface area contributed by atoms with Crippen molar-refractivity contribution in [1.82, 2.24) is 10.6 Å². The molecule has 51 heavy (non-hydrogen) atoms. The molecule has 0 aromatic rings. The van der Waals surface area contributed by atoms with Gasteiger partial charge in [-0.3, -0.25) is 0 Å². The first-order valence-electron chi connectivity index (χ1n) is 18.2. The maximum absolute atomic E-state index is 11.7. The van der Waals surface area contributed by atoms with E-state index in [1.54, 1.807) is 0 Å². The van der Waals surface area contributed by atoms with Crippen LogP contribution in [0.1, 0.15) is 32.1 Å². The van der Waals surface area contributed by atoms with Crippen LogP contribution in [0.3, 0.4) is 0 Å². The van der Waals surface area contributed by atoms with Crippen molar-refractivity contribution in [3.8, 4) is 0 Å². The van der Waals surface area contributed by atoms with Crippen molar-refractivity contribution < 1.29 is 59.1 Å². The summed E-state index contributed by atoms with van der Waals surface area (Å²) in [6.07, 6.45) is -12.6. The van der Waals surface area contributed by atoms with Crippen LogP contribution in [0.5, 0.6) is 0 Å². The van der Waals surface area contributed by atoms with E-state index in [9.17, 15) is 30.6 Å². The van der Waals surface area contributed by atoms with E-state index < -0.39 is 111 Å². The van der Waals surface area contributed by atoms with E-state index in [0.717, 1.165) is 25.8 Å². The lowest BCUT2D eigenvalue weighted by Crippen LogP contribution is -2.66. The lowest BCUT2D eigenvalue weighted by Gasteiger charge is -2.47. The molecule has 0 bridgehead atoms. The van der Waals surface area contributed by atoms with Gasteiger partial charge in [0.25, 0.3) is 0 Å². The smallest absolute Gasteiger partial charge is 0.187 e. The summed E-state index contributed by atoms with van der Waals surface area (Å²) >= 11 is 0. The molecular formula is C31H62N8O12. The largest absolute Gasteiger partial charge is 0.394 e. The van der Waals surface area contributed by atoms with Gasteiger partial charge in [-0.25, -0.2) is 0 Å². The van der Waals surface area contributed by atoms with Crippen LogP contribution in [-0.2, 0) is 28.4 Å². The maximum Gasteiger partial charge on any atom is 0.187 e. The van der Waals surface area contributed by atoms with Gasteiger partial charge in [-0.05, 0) is 44.6 Å². The van der Waals surface area contributed by atoms with E-state index in [-0.39, 0.29) is 38.2 Å². The Balaban J connectivity index is 1.28. The molecule has 3 heterocycles. The highest BCUT2D eigenvalue weighted by atomic mass is 16.8. The zero-order chi connectivity index (χ0) is 37.0. The Morgan fingerprint density at radius 3 is 2.06 bits per heavy atom. The molecule has 0 aromatic carbocycles. The predicted octanol–water partition coefficient (Wildman–Crippen LogP) is -7.52. The minimum absolute atomic E-state index is 0.00289. The van der Waals surface area contributed by atoms with Gasteiger partial charge < -0.3 is 104 Å². The van der Waals surface area contributed by atoms with Crippen molar-refractivity contribution in [2.24, 2.45) is 40.3 Å². The van der Waals surface area contributed by atoms with Crippen molar-refractivity contribution in [1.29, 1.82) is 0 Å². The van der Waals surface area contributed by atoms with Gasteiger partial charge in [0.1, 0.15) is 48.8 Å². The van der Waals surface area contributed by atoms with Gasteiger partial charge in [-0.2, -0.15) is 0 Å². The Hall–Kier alpha value is -0.800. The first kappa shape index (κ1) is 41.4. The van der Waals surface area contributed by atoms with Crippen molar-refractivity contribution in [2.75, 3.05) is 39.3 Å². The van der Waals surface area contributed by atoms with Crippen LogP contribution in [0.25, 0.3) is 0 Å². The second kappa shape index (κ2) is 18.7. The number of aliphatic hydroxyl groups is 6. The normalized spacial score (nSPS) is 48.4. The molecule has 20 heteroatoms. The summed E-state index contributed by atoms with van der Waals surface area (Å²) < 4.78 is 36.4. The predicted molar refractivity (Wildman–Crippen MR) is 179 cm³/mol. The van der Waals surface area contributed by atoms with Crippen LogP contribution < -0.4 is 45.0 Å². The average molecular weight is 739 g/mol. The van der Waals surface area contributed by atoms with Crippen molar-refractivity contribution in [2.45, 2.75) is 148 Å². The van der Waals surface area contributed by atoms with E-state index in [4.69, 9.17) is 62.8 Å². The lowest BCUT2D eigenvalue weighted by atomic mass is 9.81. The Kier molecular flexibility index (Phi) is 15.2. The average Bonchev–Trinajstić information content (AvgIpc) is 3.40. The molecule has 2 aliphatic carbocycles. The molecule has 20 N–H and O–H groups in total. The van der Waals surface area contributed by atoms with Crippen molar-refractivity contribution in [3.63, 3.8) is 0 Å². The molecule has 18 atom stereocenters. The van der Waals surface area contributed by atoms with Crippen molar-refractivity contribution >= 4 is 0 Å². The first-order chi connectivity index (χ1) is 24.3. The zero-order valence-corrected chi connectivity index (χ0v) is 28.9. The molecule has 5 fully saturated rings. The fourth-order valence-electron chi connectivity index (χ4n) is 7.57. The van der Waals surface area contributed by atoms with Gasteiger partial charge in [-0.15, -0.1) is 0 Å². The topological polar surface area (TPSA) is 357 Å². The summed E-state index contributed by atoms with van der Waals surface area (Å²) in [6, 6.07) is -2.88. The second-order valence-electron chi connectivity index (χ2n) is 14.8. The minimum atomic E-state index is -1.57.